The first-order valence-corrected chi connectivity index (χ1v) is 14.0. The molecule has 3 aromatic rings. The molecule has 3 aromatic carbocycles. The lowest BCUT2D eigenvalue weighted by Crippen LogP contribution is -2.56. The highest BCUT2D eigenvalue weighted by molar-refractivity contribution is 5.92. The minimum Gasteiger partial charge on any atom is -0.454 e. The number of fused-ring (bicyclic) bond motifs is 2. The van der Waals surface area contributed by atoms with Gasteiger partial charge in [-0.05, 0) is 67.1 Å². The number of carbonyl (C=O) groups excluding carboxylic acids is 3. The van der Waals surface area contributed by atoms with Crippen LogP contribution >= 0.6 is 0 Å². The molecule has 0 saturated carbocycles. The Morgan fingerprint density at radius 2 is 1.65 bits per heavy atom. The second-order valence-corrected chi connectivity index (χ2v) is 11.6. The van der Waals surface area contributed by atoms with Crippen molar-refractivity contribution < 1.29 is 38.9 Å². The molecule has 0 aromatic heterocycles. The van der Waals surface area contributed by atoms with Crippen molar-refractivity contribution in [3.8, 4) is 22.6 Å². The van der Waals surface area contributed by atoms with Gasteiger partial charge in [-0.25, -0.2) is 10.3 Å². The van der Waals surface area contributed by atoms with Gasteiger partial charge in [0.15, 0.2) is 11.5 Å². The third kappa shape index (κ3) is 6.90. The number of aliphatic hydroxyl groups excluding tert-OH is 1. The first-order chi connectivity index (χ1) is 20.5. The molecular weight excluding hydrogens is 554 g/mol. The fourth-order valence-corrected chi connectivity index (χ4v) is 5.39. The fourth-order valence-electron chi connectivity index (χ4n) is 5.39. The van der Waals surface area contributed by atoms with E-state index in [9.17, 15) is 24.7 Å². The van der Waals surface area contributed by atoms with Gasteiger partial charge < -0.3 is 30.0 Å². The molecule has 1 heterocycles. The number of aliphatic hydroxyl groups is 1. The SMILES string of the molecule is CC(C)(C)OC(=O)NC(C(=O)NO)C(Cc1ccc(-c2ccc3c(c2)OCO3)cc1)C(=O)NC1c2ccccc2CC1O. The van der Waals surface area contributed by atoms with Gasteiger partial charge in [-0.15, -0.1) is 0 Å². The van der Waals surface area contributed by atoms with E-state index in [0.717, 1.165) is 22.3 Å². The quantitative estimate of drug-likeness (QED) is 0.198. The van der Waals surface area contributed by atoms with Gasteiger partial charge in [-0.3, -0.25) is 14.8 Å². The molecule has 1 aliphatic heterocycles. The number of alkyl carbamates (subject to hydrolysis) is 1. The van der Waals surface area contributed by atoms with Crippen LogP contribution in [0.5, 0.6) is 11.5 Å². The first kappa shape index (κ1) is 29.9. The van der Waals surface area contributed by atoms with Crippen molar-refractivity contribution in [1.29, 1.82) is 0 Å². The van der Waals surface area contributed by atoms with Crippen LogP contribution in [0, 0.1) is 5.92 Å². The van der Waals surface area contributed by atoms with E-state index in [2.05, 4.69) is 10.6 Å². The maximum Gasteiger partial charge on any atom is 0.408 e. The summed E-state index contributed by atoms with van der Waals surface area (Å²) in [6, 6.07) is 18.2. The summed E-state index contributed by atoms with van der Waals surface area (Å²) in [7, 11) is 0. The summed E-state index contributed by atoms with van der Waals surface area (Å²) >= 11 is 0. The van der Waals surface area contributed by atoms with E-state index in [1.165, 1.54) is 0 Å². The number of hydrogen-bond acceptors (Lipinski definition) is 8. The number of rotatable bonds is 8. The molecule has 0 fully saturated rings. The molecule has 226 valence electrons. The van der Waals surface area contributed by atoms with Crippen molar-refractivity contribution in [2.24, 2.45) is 5.92 Å². The number of ether oxygens (including phenoxy) is 3. The Morgan fingerprint density at radius 3 is 2.37 bits per heavy atom. The lowest BCUT2D eigenvalue weighted by molar-refractivity contribution is -0.138. The predicted octanol–water partition coefficient (Wildman–Crippen LogP) is 3.41. The van der Waals surface area contributed by atoms with Gasteiger partial charge in [0.25, 0.3) is 5.91 Å². The summed E-state index contributed by atoms with van der Waals surface area (Å²) in [6.07, 6.45) is -1.41. The Bertz CT molecular complexity index is 1500. The maximum atomic E-state index is 13.9. The molecule has 0 spiro atoms. The van der Waals surface area contributed by atoms with E-state index in [1.807, 2.05) is 66.7 Å². The van der Waals surface area contributed by atoms with Crippen LogP contribution in [-0.4, -0.2) is 52.8 Å². The topological polar surface area (TPSA) is 155 Å². The number of carbonyl (C=O) groups is 3. The maximum absolute atomic E-state index is 13.9. The van der Waals surface area contributed by atoms with Crippen LogP contribution < -0.4 is 25.6 Å². The minimum absolute atomic E-state index is 0.0194. The zero-order chi connectivity index (χ0) is 30.7. The van der Waals surface area contributed by atoms with E-state index >= 15 is 0 Å². The Hall–Kier alpha value is -4.61. The monoisotopic (exact) mass is 589 g/mol. The summed E-state index contributed by atoms with van der Waals surface area (Å²) < 4.78 is 16.2. The molecule has 3 amide bonds. The van der Waals surface area contributed by atoms with Crippen LogP contribution in [0.2, 0.25) is 0 Å². The predicted molar refractivity (Wildman–Crippen MR) is 155 cm³/mol. The van der Waals surface area contributed by atoms with E-state index in [0.29, 0.717) is 23.5 Å². The molecule has 43 heavy (non-hydrogen) atoms. The average Bonchev–Trinajstić information content (AvgIpc) is 3.57. The van der Waals surface area contributed by atoms with Crippen molar-refractivity contribution in [2.75, 3.05) is 6.79 Å². The number of nitrogens with one attached hydrogen (secondary N) is 3. The van der Waals surface area contributed by atoms with Crippen molar-refractivity contribution in [2.45, 2.75) is 57.4 Å². The molecule has 0 radical (unpaired) electrons. The Balaban J connectivity index is 1.42. The average molecular weight is 590 g/mol. The molecule has 0 saturated heterocycles. The third-order valence-corrected chi connectivity index (χ3v) is 7.42. The molecular formula is C32H35N3O8. The van der Waals surface area contributed by atoms with Crippen molar-refractivity contribution >= 4 is 17.9 Å². The summed E-state index contributed by atoms with van der Waals surface area (Å²) in [5.41, 5.74) is 4.87. The Morgan fingerprint density at radius 1 is 0.953 bits per heavy atom. The summed E-state index contributed by atoms with van der Waals surface area (Å²) in [4.78, 5) is 39.5. The lowest BCUT2D eigenvalue weighted by atomic mass is 9.89. The van der Waals surface area contributed by atoms with Gasteiger partial charge in [0.1, 0.15) is 11.6 Å². The minimum atomic E-state index is -1.50. The largest absolute Gasteiger partial charge is 0.454 e. The molecule has 4 unspecified atom stereocenters. The summed E-state index contributed by atoms with van der Waals surface area (Å²) in [6.45, 7) is 5.17. The van der Waals surface area contributed by atoms with E-state index in [4.69, 9.17) is 14.2 Å². The molecule has 1 aliphatic carbocycles. The number of benzene rings is 3. The fraction of sp³-hybridized carbons (Fsp3) is 0.344. The zero-order valence-electron chi connectivity index (χ0n) is 24.1. The summed E-state index contributed by atoms with van der Waals surface area (Å²) in [5, 5.41) is 25.6. The van der Waals surface area contributed by atoms with E-state index in [-0.39, 0.29) is 13.2 Å². The highest BCUT2D eigenvalue weighted by Gasteiger charge is 2.39. The summed E-state index contributed by atoms with van der Waals surface area (Å²) in [5.74, 6) is -1.44. The molecule has 4 atom stereocenters. The van der Waals surface area contributed by atoms with Gasteiger partial charge in [-0.2, -0.15) is 0 Å². The number of hydroxylamine groups is 1. The lowest BCUT2D eigenvalue weighted by Gasteiger charge is -2.29. The first-order valence-electron chi connectivity index (χ1n) is 14.0. The van der Waals surface area contributed by atoms with Crippen molar-refractivity contribution in [1.82, 2.24) is 16.1 Å². The van der Waals surface area contributed by atoms with Crippen molar-refractivity contribution in [3.05, 3.63) is 83.4 Å². The molecule has 5 N–H and O–H groups in total. The molecule has 11 heteroatoms. The molecule has 2 aliphatic rings. The molecule has 11 nitrogen and oxygen atoms in total. The standard InChI is InChI=1S/C32H35N3O8/c1-32(2,3)43-31(39)34-28(30(38)35-40)23(29(37)33-27-22-7-5-4-6-21(22)15-24(27)36)14-18-8-10-19(11-9-18)20-12-13-25-26(16-20)42-17-41-25/h4-13,16,23-24,27-28,36,40H,14-15,17H2,1-3H3,(H,33,37)(H,34,39)(H,35,38). The van der Waals surface area contributed by atoms with Crippen LogP contribution in [0.3, 0.4) is 0 Å². The second kappa shape index (κ2) is 12.3. The Labute approximate surface area is 249 Å². The van der Waals surface area contributed by atoms with Gasteiger partial charge in [0.05, 0.1) is 18.1 Å². The number of amides is 3. The van der Waals surface area contributed by atoms with Gasteiger partial charge >= 0.3 is 6.09 Å². The zero-order valence-corrected chi connectivity index (χ0v) is 24.1. The van der Waals surface area contributed by atoms with Crippen LogP contribution in [0.1, 0.15) is 43.5 Å². The highest BCUT2D eigenvalue weighted by Crippen LogP contribution is 2.36. The van der Waals surface area contributed by atoms with Crippen LogP contribution in [0.4, 0.5) is 4.79 Å². The molecule has 0 bridgehead atoms. The normalized spacial score (nSPS) is 18.3. The van der Waals surface area contributed by atoms with E-state index < -0.39 is 47.6 Å². The van der Waals surface area contributed by atoms with Crippen LogP contribution in [0.15, 0.2) is 66.7 Å². The van der Waals surface area contributed by atoms with E-state index in [1.54, 1.807) is 26.3 Å². The van der Waals surface area contributed by atoms with Gasteiger partial charge in [-0.1, -0.05) is 54.6 Å². The van der Waals surface area contributed by atoms with Crippen LogP contribution in [0.25, 0.3) is 11.1 Å². The highest BCUT2D eigenvalue weighted by atomic mass is 16.7. The van der Waals surface area contributed by atoms with Crippen LogP contribution in [-0.2, 0) is 27.2 Å². The van der Waals surface area contributed by atoms with Gasteiger partial charge in [0.2, 0.25) is 12.7 Å². The number of hydrogen-bond donors (Lipinski definition) is 5. The Kier molecular flexibility index (Phi) is 8.56. The third-order valence-electron chi connectivity index (χ3n) is 7.42. The smallest absolute Gasteiger partial charge is 0.408 e. The van der Waals surface area contributed by atoms with Crippen molar-refractivity contribution in [3.63, 3.8) is 0 Å². The van der Waals surface area contributed by atoms with Gasteiger partial charge in [0, 0.05) is 6.42 Å². The molecule has 5 rings (SSSR count). The second-order valence-electron chi connectivity index (χ2n) is 11.6.